The van der Waals surface area contributed by atoms with Crippen LogP contribution in [0.2, 0.25) is 0 Å². The fourth-order valence-corrected chi connectivity index (χ4v) is 5.00. The SMILES string of the molecule is CCCCCC1C2=C(C(=O)CC(Br)=C2)n2c(CCC(=O)NCCc3ccccc3)nnc21. The predicted octanol–water partition coefficient (Wildman–Crippen LogP) is 4.71. The summed E-state index contributed by atoms with van der Waals surface area (Å²) in [5.41, 5.74) is 2.95. The van der Waals surface area contributed by atoms with Crippen LogP contribution in [0.1, 0.15) is 68.6 Å². The third-order valence-corrected chi connectivity index (χ3v) is 6.60. The van der Waals surface area contributed by atoms with Gasteiger partial charge in [-0.1, -0.05) is 72.4 Å². The summed E-state index contributed by atoms with van der Waals surface area (Å²) in [6.07, 6.45) is 8.37. The highest BCUT2D eigenvalue weighted by Gasteiger charge is 2.39. The third kappa shape index (κ3) is 4.93. The molecule has 0 saturated carbocycles. The Morgan fingerprint density at radius 1 is 1.19 bits per heavy atom. The molecule has 1 aliphatic heterocycles. The summed E-state index contributed by atoms with van der Waals surface area (Å²) in [4.78, 5) is 25.3. The Bertz CT molecular complexity index is 1060. The van der Waals surface area contributed by atoms with E-state index in [-0.39, 0.29) is 17.6 Å². The largest absolute Gasteiger partial charge is 0.356 e. The molecule has 7 heteroatoms. The number of carbonyl (C=O) groups is 2. The molecule has 0 fully saturated rings. The minimum atomic E-state index is -0.0115. The molecule has 2 aliphatic rings. The van der Waals surface area contributed by atoms with Crippen molar-refractivity contribution in [1.82, 2.24) is 20.1 Å². The van der Waals surface area contributed by atoms with Gasteiger partial charge in [0.25, 0.3) is 0 Å². The molecule has 0 saturated heterocycles. The number of nitrogens with one attached hydrogen (secondary N) is 1. The van der Waals surface area contributed by atoms with E-state index in [9.17, 15) is 9.59 Å². The van der Waals surface area contributed by atoms with Gasteiger partial charge in [-0.05, 0) is 30.1 Å². The van der Waals surface area contributed by atoms with E-state index in [0.29, 0.717) is 37.3 Å². The van der Waals surface area contributed by atoms with Gasteiger partial charge in [0.2, 0.25) is 5.91 Å². The summed E-state index contributed by atoms with van der Waals surface area (Å²) in [6, 6.07) is 10.1. The zero-order valence-electron chi connectivity index (χ0n) is 18.4. The van der Waals surface area contributed by atoms with Crippen LogP contribution in [-0.4, -0.2) is 33.0 Å². The molecule has 1 unspecified atom stereocenters. The Morgan fingerprint density at radius 3 is 2.78 bits per heavy atom. The van der Waals surface area contributed by atoms with Crippen molar-refractivity contribution in [2.45, 2.75) is 64.2 Å². The number of Topliss-reactive ketones (excluding diaryl/α,β-unsaturated/α-hetero) is 1. The molecule has 0 radical (unpaired) electrons. The van der Waals surface area contributed by atoms with Crippen LogP contribution in [0.5, 0.6) is 0 Å². The van der Waals surface area contributed by atoms with E-state index >= 15 is 0 Å². The number of allylic oxidation sites excluding steroid dienone is 4. The van der Waals surface area contributed by atoms with Crippen molar-refractivity contribution in [1.29, 1.82) is 0 Å². The van der Waals surface area contributed by atoms with Crippen molar-refractivity contribution in [3.8, 4) is 0 Å². The minimum absolute atomic E-state index is 0.0115. The van der Waals surface area contributed by atoms with Crippen LogP contribution >= 0.6 is 15.9 Å². The van der Waals surface area contributed by atoms with Gasteiger partial charge in [-0.25, -0.2) is 0 Å². The average Bonchev–Trinajstić information content (AvgIpc) is 3.31. The molecule has 1 aromatic heterocycles. The lowest BCUT2D eigenvalue weighted by Gasteiger charge is -2.15. The number of unbranched alkanes of at least 4 members (excludes halogenated alkanes) is 2. The van der Waals surface area contributed by atoms with Crippen LogP contribution in [0.4, 0.5) is 0 Å². The summed E-state index contributed by atoms with van der Waals surface area (Å²) in [6.45, 7) is 2.79. The Hall–Kier alpha value is -2.54. The molecule has 168 valence electrons. The van der Waals surface area contributed by atoms with Gasteiger partial charge in [0.05, 0.1) is 5.70 Å². The maximum Gasteiger partial charge on any atom is 0.220 e. The molecule has 1 N–H and O–H groups in total. The number of aryl methyl sites for hydroxylation is 1. The highest BCUT2D eigenvalue weighted by atomic mass is 79.9. The highest BCUT2D eigenvalue weighted by molar-refractivity contribution is 9.11. The number of carbonyl (C=O) groups excluding carboxylic acids is 2. The summed E-state index contributed by atoms with van der Waals surface area (Å²) >= 11 is 3.52. The summed E-state index contributed by atoms with van der Waals surface area (Å²) in [5, 5.41) is 11.8. The second-order valence-corrected chi connectivity index (χ2v) is 9.46. The number of benzene rings is 1. The lowest BCUT2D eigenvalue weighted by atomic mass is 9.90. The molecule has 1 aliphatic carbocycles. The van der Waals surface area contributed by atoms with Crippen LogP contribution in [0.25, 0.3) is 5.70 Å². The molecular weight excluding hydrogens is 468 g/mol. The highest BCUT2D eigenvalue weighted by Crippen LogP contribution is 2.45. The number of ketones is 1. The molecule has 1 aromatic carbocycles. The first-order valence-electron chi connectivity index (χ1n) is 11.5. The first-order valence-corrected chi connectivity index (χ1v) is 12.3. The second kappa shape index (κ2) is 10.4. The lowest BCUT2D eigenvalue weighted by Crippen LogP contribution is -2.26. The monoisotopic (exact) mass is 496 g/mol. The molecule has 2 aromatic rings. The summed E-state index contributed by atoms with van der Waals surface area (Å²) in [5.74, 6) is 1.71. The van der Waals surface area contributed by atoms with Gasteiger partial charge in [-0.15, -0.1) is 10.2 Å². The summed E-state index contributed by atoms with van der Waals surface area (Å²) in [7, 11) is 0. The Labute approximate surface area is 197 Å². The number of hydrogen-bond acceptors (Lipinski definition) is 4. The van der Waals surface area contributed by atoms with Crippen LogP contribution in [0, 0.1) is 0 Å². The number of hydrogen-bond donors (Lipinski definition) is 1. The molecule has 32 heavy (non-hydrogen) atoms. The molecular formula is C25H29BrN4O2. The van der Waals surface area contributed by atoms with E-state index in [1.165, 1.54) is 5.56 Å². The fraction of sp³-hybridized carbons (Fsp3) is 0.440. The van der Waals surface area contributed by atoms with Crippen molar-refractivity contribution in [2.24, 2.45) is 0 Å². The van der Waals surface area contributed by atoms with Gasteiger partial charge in [-0.2, -0.15) is 0 Å². The van der Waals surface area contributed by atoms with Crippen molar-refractivity contribution in [3.05, 3.63) is 63.7 Å². The maximum absolute atomic E-state index is 12.9. The zero-order chi connectivity index (χ0) is 22.5. The standard InChI is InChI=1S/C25H29BrN4O2/c1-2-3-5-10-19-20-15-18(26)16-21(31)24(20)30-22(28-29-25(19)30)11-12-23(32)27-14-13-17-8-6-4-7-9-17/h4,6-9,15,19H,2-3,5,10-14,16H2,1H3,(H,27,32). The van der Waals surface area contributed by atoms with Gasteiger partial charge in [0.15, 0.2) is 5.78 Å². The summed E-state index contributed by atoms with van der Waals surface area (Å²) < 4.78 is 2.85. The minimum Gasteiger partial charge on any atom is -0.356 e. The van der Waals surface area contributed by atoms with Crippen molar-refractivity contribution >= 4 is 33.3 Å². The van der Waals surface area contributed by atoms with Crippen LogP contribution in [0.3, 0.4) is 0 Å². The number of fused-ring (bicyclic) bond motifs is 2. The van der Waals surface area contributed by atoms with Gasteiger partial charge < -0.3 is 5.32 Å². The first-order chi connectivity index (χ1) is 15.6. The number of rotatable bonds is 10. The normalized spacial score (nSPS) is 17.2. The topological polar surface area (TPSA) is 76.9 Å². The predicted molar refractivity (Wildman–Crippen MR) is 128 cm³/mol. The van der Waals surface area contributed by atoms with E-state index in [1.54, 1.807) is 0 Å². The fourth-order valence-electron chi connectivity index (χ4n) is 4.49. The molecule has 0 spiro atoms. The number of halogens is 1. The first kappa shape index (κ1) is 22.6. The van der Waals surface area contributed by atoms with Crippen LogP contribution < -0.4 is 5.32 Å². The molecule has 0 bridgehead atoms. The van der Waals surface area contributed by atoms with E-state index in [4.69, 9.17) is 0 Å². The molecule has 4 rings (SSSR count). The number of aromatic nitrogens is 3. The maximum atomic E-state index is 12.9. The Morgan fingerprint density at radius 2 is 2.00 bits per heavy atom. The second-order valence-electron chi connectivity index (χ2n) is 8.44. The Kier molecular flexibility index (Phi) is 7.35. The third-order valence-electron chi connectivity index (χ3n) is 6.10. The molecule has 1 amide bonds. The number of amides is 1. The van der Waals surface area contributed by atoms with Crippen molar-refractivity contribution < 1.29 is 9.59 Å². The molecule has 6 nitrogen and oxygen atoms in total. The van der Waals surface area contributed by atoms with E-state index in [0.717, 1.165) is 48.0 Å². The molecule has 1 atom stereocenters. The van der Waals surface area contributed by atoms with Crippen LogP contribution in [0.15, 0.2) is 46.5 Å². The zero-order valence-corrected chi connectivity index (χ0v) is 20.0. The van der Waals surface area contributed by atoms with E-state index in [2.05, 4.69) is 56.6 Å². The van der Waals surface area contributed by atoms with Crippen molar-refractivity contribution in [2.75, 3.05) is 6.54 Å². The Balaban J connectivity index is 1.43. The van der Waals surface area contributed by atoms with Crippen molar-refractivity contribution in [3.63, 3.8) is 0 Å². The lowest BCUT2D eigenvalue weighted by molar-refractivity contribution is -0.121. The van der Waals surface area contributed by atoms with Gasteiger partial charge in [0, 0.05) is 36.2 Å². The smallest absolute Gasteiger partial charge is 0.220 e. The van der Waals surface area contributed by atoms with E-state index in [1.807, 2.05) is 22.8 Å². The van der Waals surface area contributed by atoms with Gasteiger partial charge >= 0.3 is 0 Å². The number of nitrogens with zero attached hydrogens (tertiary/aromatic N) is 3. The van der Waals surface area contributed by atoms with Gasteiger partial charge in [-0.3, -0.25) is 14.2 Å². The molecule has 2 heterocycles. The van der Waals surface area contributed by atoms with Gasteiger partial charge in [0.1, 0.15) is 11.6 Å². The quantitative estimate of drug-likeness (QED) is 0.483. The van der Waals surface area contributed by atoms with E-state index < -0.39 is 0 Å². The van der Waals surface area contributed by atoms with Crippen LogP contribution in [-0.2, 0) is 22.4 Å². The average molecular weight is 497 g/mol.